The average Bonchev–Trinajstić information content (AvgIpc) is 2.30. The molecule has 2 rings (SSSR count). The Morgan fingerprint density at radius 3 is 1.28 bits per heavy atom. The van der Waals surface area contributed by atoms with Gasteiger partial charge in [-0.15, -0.1) is 0 Å². The molecule has 2 aromatic carbocycles. The maximum atomic E-state index is 12.3. The molecule has 0 amide bonds. The zero-order valence-electron chi connectivity index (χ0n) is 10.4. The Morgan fingerprint density at radius 2 is 1.06 bits per heavy atom. The summed E-state index contributed by atoms with van der Waals surface area (Å²) < 4.78 is 24.5. The SMILES string of the molecule is Cc1ccc(F)cc1N.Cc1ccc(F)cc1N. The standard InChI is InChI=1S/2C7H8FN/c2*1-5-2-3-6(8)4-7(5)9/h2*2-4H,9H2,1H3. The van der Waals surface area contributed by atoms with E-state index in [0.717, 1.165) is 11.1 Å². The number of anilines is 2. The lowest BCUT2D eigenvalue weighted by molar-refractivity contribution is 0.627. The monoisotopic (exact) mass is 250 g/mol. The first kappa shape index (κ1) is 14.0. The van der Waals surface area contributed by atoms with Crippen molar-refractivity contribution in [2.75, 3.05) is 11.5 Å². The first-order valence-electron chi connectivity index (χ1n) is 5.43. The molecule has 0 aliphatic carbocycles. The van der Waals surface area contributed by atoms with E-state index in [1.807, 2.05) is 13.8 Å². The molecule has 2 nitrogen and oxygen atoms in total. The highest BCUT2D eigenvalue weighted by molar-refractivity contribution is 5.46. The van der Waals surface area contributed by atoms with Gasteiger partial charge in [-0.1, -0.05) is 12.1 Å². The van der Waals surface area contributed by atoms with Gasteiger partial charge in [0.25, 0.3) is 0 Å². The lowest BCUT2D eigenvalue weighted by atomic mass is 10.2. The van der Waals surface area contributed by atoms with Crippen LogP contribution in [0.2, 0.25) is 0 Å². The summed E-state index contributed by atoms with van der Waals surface area (Å²) in [6.45, 7) is 3.68. The number of benzene rings is 2. The molecule has 2 aromatic rings. The summed E-state index contributed by atoms with van der Waals surface area (Å²) in [7, 11) is 0. The summed E-state index contributed by atoms with van der Waals surface area (Å²) in [5, 5.41) is 0. The van der Waals surface area contributed by atoms with Gasteiger partial charge in [-0.2, -0.15) is 0 Å². The average molecular weight is 250 g/mol. The van der Waals surface area contributed by atoms with Crippen LogP contribution in [-0.4, -0.2) is 0 Å². The van der Waals surface area contributed by atoms with Crippen molar-refractivity contribution in [3.8, 4) is 0 Å². The molecule has 0 aromatic heterocycles. The predicted molar refractivity (Wildman–Crippen MR) is 71.1 cm³/mol. The van der Waals surface area contributed by atoms with E-state index < -0.39 is 0 Å². The topological polar surface area (TPSA) is 52.0 Å². The normalized spacial score (nSPS) is 9.56. The Balaban J connectivity index is 0.000000180. The van der Waals surface area contributed by atoms with Crippen LogP contribution >= 0.6 is 0 Å². The van der Waals surface area contributed by atoms with Crippen molar-refractivity contribution < 1.29 is 8.78 Å². The van der Waals surface area contributed by atoms with E-state index in [0.29, 0.717) is 11.4 Å². The summed E-state index contributed by atoms with van der Waals surface area (Å²) in [6, 6.07) is 8.73. The maximum Gasteiger partial charge on any atom is 0.125 e. The van der Waals surface area contributed by atoms with E-state index in [1.54, 1.807) is 12.1 Å². The number of hydrogen-bond acceptors (Lipinski definition) is 2. The van der Waals surface area contributed by atoms with Crippen molar-refractivity contribution in [2.24, 2.45) is 0 Å². The van der Waals surface area contributed by atoms with Gasteiger partial charge in [0.2, 0.25) is 0 Å². The van der Waals surface area contributed by atoms with Crippen molar-refractivity contribution in [1.29, 1.82) is 0 Å². The van der Waals surface area contributed by atoms with Crippen molar-refractivity contribution in [3.63, 3.8) is 0 Å². The third-order valence-corrected chi connectivity index (χ3v) is 2.48. The number of nitrogens with two attached hydrogens (primary N) is 2. The fourth-order valence-electron chi connectivity index (χ4n) is 1.22. The Morgan fingerprint density at radius 1 is 0.722 bits per heavy atom. The van der Waals surface area contributed by atoms with Gasteiger partial charge in [0, 0.05) is 11.4 Å². The lowest BCUT2D eigenvalue weighted by Crippen LogP contribution is -1.89. The molecule has 0 atom stereocenters. The largest absolute Gasteiger partial charge is 0.398 e. The second-order valence-electron chi connectivity index (χ2n) is 4.00. The van der Waals surface area contributed by atoms with E-state index in [9.17, 15) is 8.78 Å². The minimum Gasteiger partial charge on any atom is -0.398 e. The molecule has 0 unspecified atom stereocenters. The Hall–Kier alpha value is -2.10. The second kappa shape index (κ2) is 6.00. The van der Waals surface area contributed by atoms with E-state index in [-0.39, 0.29) is 11.6 Å². The van der Waals surface area contributed by atoms with Crippen LogP contribution in [-0.2, 0) is 0 Å². The summed E-state index contributed by atoms with van der Waals surface area (Å²) >= 11 is 0. The van der Waals surface area contributed by atoms with Crippen molar-refractivity contribution in [2.45, 2.75) is 13.8 Å². The highest BCUT2D eigenvalue weighted by Crippen LogP contribution is 2.11. The highest BCUT2D eigenvalue weighted by Gasteiger charge is 1.93. The molecule has 0 aliphatic heterocycles. The summed E-state index contributed by atoms with van der Waals surface area (Å²) in [4.78, 5) is 0. The number of nitrogen functional groups attached to an aromatic ring is 2. The van der Waals surface area contributed by atoms with Gasteiger partial charge in [-0.05, 0) is 49.2 Å². The van der Waals surface area contributed by atoms with Crippen LogP contribution < -0.4 is 11.5 Å². The van der Waals surface area contributed by atoms with Crippen molar-refractivity contribution in [3.05, 3.63) is 59.2 Å². The molecule has 18 heavy (non-hydrogen) atoms. The Kier molecular flexibility index (Phi) is 4.66. The summed E-state index contributed by atoms with van der Waals surface area (Å²) in [5.41, 5.74) is 13.6. The van der Waals surface area contributed by atoms with Crippen LogP contribution in [0.15, 0.2) is 36.4 Å². The van der Waals surface area contributed by atoms with Gasteiger partial charge in [0.1, 0.15) is 11.6 Å². The molecule has 0 saturated carbocycles. The van der Waals surface area contributed by atoms with Crippen LogP contribution in [0.5, 0.6) is 0 Å². The van der Waals surface area contributed by atoms with Crippen LogP contribution in [0.3, 0.4) is 0 Å². The molecule has 4 heteroatoms. The molecule has 4 N–H and O–H groups in total. The first-order chi connectivity index (χ1) is 8.40. The molecule has 0 heterocycles. The van der Waals surface area contributed by atoms with E-state index in [2.05, 4.69) is 0 Å². The Bertz CT molecular complexity index is 490. The summed E-state index contributed by atoms with van der Waals surface area (Å²) in [5.74, 6) is -0.559. The van der Waals surface area contributed by atoms with Crippen molar-refractivity contribution in [1.82, 2.24) is 0 Å². The van der Waals surface area contributed by atoms with Gasteiger partial charge in [-0.25, -0.2) is 8.78 Å². The highest BCUT2D eigenvalue weighted by atomic mass is 19.1. The maximum absolute atomic E-state index is 12.3. The van der Waals surface area contributed by atoms with Gasteiger partial charge < -0.3 is 11.5 Å². The number of halogens is 2. The smallest absolute Gasteiger partial charge is 0.125 e. The van der Waals surface area contributed by atoms with Crippen LogP contribution in [0.25, 0.3) is 0 Å². The van der Waals surface area contributed by atoms with E-state index in [4.69, 9.17) is 11.5 Å². The van der Waals surface area contributed by atoms with Crippen LogP contribution in [0.4, 0.5) is 20.2 Å². The minimum atomic E-state index is -0.280. The molecular weight excluding hydrogens is 234 g/mol. The molecule has 96 valence electrons. The quantitative estimate of drug-likeness (QED) is 0.704. The number of hydrogen-bond donors (Lipinski definition) is 2. The molecule has 0 bridgehead atoms. The van der Waals surface area contributed by atoms with Gasteiger partial charge in [0.05, 0.1) is 0 Å². The fourth-order valence-corrected chi connectivity index (χ4v) is 1.22. The molecule has 0 fully saturated rings. The third kappa shape index (κ3) is 4.05. The number of aryl methyl sites for hydroxylation is 2. The first-order valence-corrected chi connectivity index (χ1v) is 5.43. The fraction of sp³-hybridized carbons (Fsp3) is 0.143. The van der Waals surface area contributed by atoms with E-state index in [1.165, 1.54) is 24.3 Å². The minimum absolute atomic E-state index is 0.280. The van der Waals surface area contributed by atoms with Crippen molar-refractivity contribution >= 4 is 11.4 Å². The number of rotatable bonds is 0. The molecule has 0 radical (unpaired) electrons. The Labute approximate surface area is 105 Å². The van der Waals surface area contributed by atoms with Crippen LogP contribution in [0, 0.1) is 25.5 Å². The van der Waals surface area contributed by atoms with E-state index >= 15 is 0 Å². The van der Waals surface area contributed by atoms with Crippen LogP contribution in [0.1, 0.15) is 11.1 Å². The third-order valence-electron chi connectivity index (χ3n) is 2.48. The van der Waals surface area contributed by atoms with Gasteiger partial charge in [-0.3, -0.25) is 0 Å². The second-order valence-corrected chi connectivity index (χ2v) is 4.00. The van der Waals surface area contributed by atoms with Gasteiger partial charge in [0.15, 0.2) is 0 Å². The zero-order valence-corrected chi connectivity index (χ0v) is 10.4. The predicted octanol–water partition coefficient (Wildman–Crippen LogP) is 3.43. The molecule has 0 spiro atoms. The zero-order chi connectivity index (χ0) is 13.7. The summed E-state index contributed by atoms with van der Waals surface area (Å²) in [6.07, 6.45) is 0. The molecular formula is C14H16F2N2. The molecule has 0 saturated heterocycles. The van der Waals surface area contributed by atoms with Gasteiger partial charge >= 0.3 is 0 Å². The lowest BCUT2D eigenvalue weighted by Gasteiger charge is -1.96. The molecule has 0 aliphatic rings.